The van der Waals surface area contributed by atoms with E-state index in [4.69, 9.17) is 0 Å². The summed E-state index contributed by atoms with van der Waals surface area (Å²) in [5, 5.41) is 0. The van der Waals surface area contributed by atoms with Crippen molar-refractivity contribution in [3.05, 3.63) is 27.8 Å². The molecule has 1 aromatic carbocycles. The molecule has 0 unspecified atom stereocenters. The Hall–Kier alpha value is 0.0643. The van der Waals surface area contributed by atoms with Gasteiger partial charge in [-0.05, 0) is 0 Å². The van der Waals surface area contributed by atoms with E-state index in [0.29, 0.717) is 0 Å². The fourth-order valence-electron chi connectivity index (χ4n) is 1.41. The second-order valence-electron chi connectivity index (χ2n) is 3.12. The summed E-state index contributed by atoms with van der Waals surface area (Å²) in [7, 11) is 0. The van der Waals surface area contributed by atoms with Crippen molar-refractivity contribution in [1.29, 1.82) is 0 Å². The maximum absolute atomic E-state index is 2.20. The standard InChI is InChI=1S/C10H15.Ti/c1-6-7(2)9(4)10(5)8(6)3;/h1-5H3;/q-1;. The first-order valence-electron chi connectivity index (χ1n) is 3.75. The van der Waals surface area contributed by atoms with Crippen LogP contribution in [0.5, 0.6) is 0 Å². The minimum absolute atomic E-state index is 0. The third kappa shape index (κ3) is 1.63. The van der Waals surface area contributed by atoms with Crippen LogP contribution in [0, 0.1) is 34.6 Å². The van der Waals surface area contributed by atoms with Crippen LogP contribution in [-0.4, -0.2) is 0 Å². The van der Waals surface area contributed by atoms with Gasteiger partial charge in [-0.2, -0.15) is 27.8 Å². The fraction of sp³-hybridized carbons (Fsp3) is 0.500. The Bertz CT molecular complexity index is 176. The van der Waals surface area contributed by atoms with Crippen LogP contribution in [-0.2, 0) is 21.7 Å². The van der Waals surface area contributed by atoms with Crippen LogP contribution in [0.4, 0.5) is 0 Å². The third-order valence-corrected chi connectivity index (χ3v) is 2.81. The molecule has 0 atom stereocenters. The quantitative estimate of drug-likeness (QED) is 0.428. The zero-order valence-corrected chi connectivity index (χ0v) is 9.56. The zero-order chi connectivity index (χ0) is 7.89. The number of hydrogen-bond acceptors (Lipinski definition) is 0. The molecular weight excluding hydrogens is 168 g/mol. The Labute approximate surface area is 84.3 Å². The molecule has 0 fully saturated rings. The van der Waals surface area contributed by atoms with Gasteiger partial charge in [0.15, 0.2) is 0 Å². The summed E-state index contributed by atoms with van der Waals surface area (Å²) >= 11 is 0. The topological polar surface area (TPSA) is 0 Å². The maximum Gasteiger partial charge on any atom is 0 e. The van der Waals surface area contributed by atoms with Crippen LogP contribution in [0.2, 0.25) is 0 Å². The molecule has 1 aromatic rings. The van der Waals surface area contributed by atoms with Gasteiger partial charge in [0.2, 0.25) is 0 Å². The van der Waals surface area contributed by atoms with Gasteiger partial charge >= 0.3 is 0 Å². The molecule has 1 rings (SSSR count). The van der Waals surface area contributed by atoms with Crippen LogP contribution in [0.25, 0.3) is 0 Å². The van der Waals surface area contributed by atoms with Crippen molar-refractivity contribution < 1.29 is 21.7 Å². The molecule has 60 valence electrons. The molecule has 0 saturated carbocycles. The summed E-state index contributed by atoms with van der Waals surface area (Å²) in [6.07, 6.45) is 0. The molecule has 0 saturated heterocycles. The first-order chi connectivity index (χ1) is 4.55. The second-order valence-corrected chi connectivity index (χ2v) is 3.12. The Morgan fingerprint density at radius 3 is 1.18 bits per heavy atom. The maximum atomic E-state index is 2.20. The first-order valence-corrected chi connectivity index (χ1v) is 3.75. The van der Waals surface area contributed by atoms with Crippen molar-refractivity contribution in [1.82, 2.24) is 0 Å². The molecule has 0 N–H and O–H groups in total. The van der Waals surface area contributed by atoms with E-state index in [2.05, 4.69) is 34.6 Å². The van der Waals surface area contributed by atoms with Gasteiger partial charge < -0.3 is 0 Å². The summed E-state index contributed by atoms with van der Waals surface area (Å²) in [5.41, 5.74) is 7.34. The Morgan fingerprint density at radius 2 is 1.09 bits per heavy atom. The SMILES string of the molecule is Cc1c(C)c(C)[c-](C)c1C.[Ti]. The van der Waals surface area contributed by atoms with Crippen molar-refractivity contribution in [2.24, 2.45) is 0 Å². The predicted molar refractivity (Wildman–Crippen MR) is 45.7 cm³/mol. The van der Waals surface area contributed by atoms with E-state index in [9.17, 15) is 0 Å². The molecular formula is C10H15Ti-. The number of hydrogen-bond donors (Lipinski definition) is 0. The smallest absolute Gasteiger partial charge is 0 e. The number of rotatable bonds is 0. The van der Waals surface area contributed by atoms with Gasteiger partial charge in [0.1, 0.15) is 0 Å². The molecule has 0 aliphatic heterocycles. The van der Waals surface area contributed by atoms with E-state index in [1.807, 2.05) is 0 Å². The van der Waals surface area contributed by atoms with E-state index in [1.54, 1.807) is 0 Å². The molecule has 0 aliphatic carbocycles. The van der Waals surface area contributed by atoms with E-state index in [0.717, 1.165) is 0 Å². The molecule has 0 heterocycles. The average molecular weight is 183 g/mol. The van der Waals surface area contributed by atoms with Crippen molar-refractivity contribution >= 4 is 0 Å². The second kappa shape index (κ2) is 3.64. The van der Waals surface area contributed by atoms with E-state index >= 15 is 0 Å². The van der Waals surface area contributed by atoms with Crippen LogP contribution in [0.15, 0.2) is 0 Å². The Kier molecular flexibility index (Phi) is 3.67. The summed E-state index contributed by atoms with van der Waals surface area (Å²) in [5.74, 6) is 0. The average Bonchev–Trinajstić information content (AvgIpc) is 2.07. The van der Waals surface area contributed by atoms with Crippen molar-refractivity contribution in [2.75, 3.05) is 0 Å². The zero-order valence-electron chi connectivity index (χ0n) is 8.00. The monoisotopic (exact) mass is 183 g/mol. The minimum atomic E-state index is 0. The molecule has 0 spiro atoms. The molecule has 0 amide bonds. The Balaban J connectivity index is 0.000001000. The normalized spacial score (nSPS) is 9.55. The summed E-state index contributed by atoms with van der Waals surface area (Å²) in [6.45, 7) is 11.0. The molecule has 0 bridgehead atoms. The van der Waals surface area contributed by atoms with Crippen LogP contribution in [0.1, 0.15) is 27.8 Å². The first kappa shape index (κ1) is 11.1. The van der Waals surface area contributed by atoms with E-state index in [-0.39, 0.29) is 21.7 Å². The largest absolute Gasteiger partial charge is 0.196 e. The van der Waals surface area contributed by atoms with Gasteiger partial charge in [-0.1, -0.05) is 34.6 Å². The molecule has 1 heteroatoms. The molecule has 11 heavy (non-hydrogen) atoms. The van der Waals surface area contributed by atoms with Gasteiger partial charge in [0.05, 0.1) is 0 Å². The summed E-state index contributed by atoms with van der Waals surface area (Å²) in [4.78, 5) is 0. The Morgan fingerprint density at radius 1 is 0.818 bits per heavy atom. The van der Waals surface area contributed by atoms with Gasteiger partial charge in [-0.15, -0.1) is 0 Å². The van der Waals surface area contributed by atoms with Crippen molar-refractivity contribution in [3.8, 4) is 0 Å². The molecule has 0 radical (unpaired) electrons. The summed E-state index contributed by atoms with van der Waals surface area (Å²) in [6, 6.07) is 0. The van der Waals surface area contributed by atoms with Crippen molar-refractivity contribution in [2.45, 2.75) is 34.6 Å². The minimum Gasteiger partial charge on any atom is -0.196 e. The molecule has 0 nitrogen and oxygen atoms in total. The van der Waals surface area contributed by atoms with Crippen LogP contribution in [0.3, 0.4) is 0 Å². The van der Waals surface area contributed by atoms with Gasteiger partial charge in [0.25, 0.3) is 0 Å². The predicted octanol–water partition coefficient (Wildman–Crippen LogP) is 2.95. The van der Waals surface area contributed by atoms with Crippen molar-refractivity contribution in [3.63, 3.8) is 0 Å². The van der Waals surface area contributed by atoms with Gasteiger partial charge in [-0.25, -0.2) is 0 Å². The van der Waals surface area contributed by atoms with Crippen LogP contribution >= 0.6 is 0 Å². The van der Waals surface area contributed by atoms with Crippen LogP contribution < -0.4 is 0 Å². The van der Waals surface area contributed by atoms with E-state index in [1.165, 1.54) is 27.8 Å². The molecule has 0 aliphatic rings. The van der Waals surface area contributed by atoms with Gasteiger partial charge in [0, 0.05) is 21.7 Å². The van der Waals surface area contributed by atoms with Gasteiger partial charge in [-0.3, -0.25) is 0 Å². The molecule has 0 aromatic heterocycles. The fourth-order valence-corrected chi connectivity index (χ4v) is 1.41. The van der Waals surface area contributed by atoms with E-state index < -0.39 is 0 Å². The third-order valence-electron chi connectivity index (χ3n) is 2.81. The summed E-state index contributed by atoms with van der Waals surface area (Å²) < 4.78 is 0.